The molecule has 1 aromatic carbocycles. The van der Waals surface area contributed by atoms with Crippen LogP contribution in [0.15, 0.2) is 52.4 Å². The number of aliphatic imine (C=N–C) groups is 1. The number of nitrogens with zero attached hydrogens (tertiary/aromatic N) is 5. The second-order valence-electron chi connectivity index (χ2n) is 7.49. The summed E-state index contributed by atoms with van der Waals surface area (Å²) in [5.74, 6) is 1.08. The van der Waals surface area contributed by atoms with Gasteiger partial charge in [0.25, 0.3) is 0 Å². The Balaban J connectivity index is 1.67. The number of pyridine rings is 1. The first-order valence-corrected chi connectivity index (χ1v) is 10.6. The smallest absolute Gasteiger partial charge is 0.328 e. The summed E-state index contributed by atoms with van der Waals surface area (Å²) in [5, 5.41) is 1.12. The molecule has 5 rings (SSSR count). The number of benzene rings is 1. The Bertz CT molecular complexity index is 1130. The van der Waals surface area contributed by atoms with Crippen molar-refractivity contribution in [1.29, 1.82) is 0 Å². The number of hydrogen-bond donors (Lipinski definition) is 0. The molecule has 2 aromatic heterocycles. The topological polar surface area (TPSA) is 55.4 Å². The molecule has 1 fully saturated rings. The molecule has 2 aliphatic heterocycles. The fourth-order valence-corrected chi connectivity index (χ4v) is 5.76. The van der Waals surface area contributed by atoms with Crippen molar-refractivity contribution < 1.29 is 0 Å². The maximum atomic E-state index is 12.4. The van der Waals surface area contributed by atoms with Gasteiger partial charge in [0.2, 0.25) is 0 Å². The summed E-state index contributed by atoms with van der Waals surface area (Å²) >= 11 is 1.84. The van der Waals surface area contributed by atoms with E-state index >= 15 is 0 Å². The Morgan fingerprint density at radius 1 is 1.14 bits per heavy atom. The predicted molar refractivity (Wildman–Crippen MR) is 114 cm³/mol. The van der Waals surface area contributed by atoms with E-state index in [1.165, 1.54) is 5.56 Å². The van der Waals surface area contributed by atoms with Crippen molar-refractivity contribution in [1.82, 2.24) is 19.0 Å². The minimum Gasteiger partial charge on any atom is -0.338 e. The lowest BCUT2D eigenvalue weighted by Crippen LogP contribution is -2.35. The van der Waals surface area contributed by atoms with Crippen LogP contribution >= 0.6 is 11.8 Å². The molecule has 0 aliphatic carbocycles. The molecule has 2 aliphatic rings. The van der Waals surface area contributed by atoms with Crippen LogP contribution in [0.4, 0.5) is 0 Å². The fourth-order valence-electron chi connectivity index (χ4n) is 4.42. The number of thioether (sulfide) groups is 1. The van der Waals surface area contributed by atoms with E-state index in [0.717, 1.165) is 34.1 Å². The Kier molecular flexibility index (Phi) is 4.08. The minimum atomic E-state index is -0.0313. The van der Waals surface area contributed by atoms with Crippen LogP contribution in [0.1, 0.15) is 36.7 Å². The molecule has 7 heteroatoms. The van der Waals surface area contributed by atoms with Gasteiger partial charge in [-0.1, -0.05) is 30.8 Å². The Hall–Kier alpha value is -2.54. The molecule has 3 atom stereocenters. The zero-order chi connectivity index (χ0) is 19.4. The van der Waals surface area contributed by atoms with E-state index in [2.05, 4.69) is 41.1 Å². The van der Waals surface area contributed by atoms with Gasteiger partial charge in [-0.2, -0.15) is 0 Å². The van der Waals surface area contributed by atoms with Crippen LogP contribution in [0.5, 0.6) is 0 Å². The van der Waals surface area contributed by atoms with E-state index in [1.807, 2.05) is 44.2 Å². The second-order valence-corrected chi connectivity index (χ2v) is 8.47. The average molecular weight is 394 g/mol. The van der Waals surface area contributed by atoms with E-state index in [0.29, 0.717) is 6.04 Å². The summed E-state index contributed by atoms with van der Waals surface area (Å²) < 4.78 is 3.42. The zero-order valence-electron chi connectivity index (χ0n) is 16.2. The van der Waals surface area contributed by atoms with Crippen LogP contribution in [0.2, 0.25) is 0 Å². The average Bonchev–Trinajstić information content (AvgIpc) is 3.36. The predicted octanol–water partition coefficient (Wildman–Crippen LogP) is 3.25. The first-order chi connectivity index (χ1) is 13.6. The Morgan fingerprint density at radius 3 is 2.71 bits per heavy atom. The quantitative estimate of drug-likeness (QED) is 0.685. The molecule has 1 saturated heterocycles. The van der Waals surface area contributed by atoms with Gasteiger partial charge in [-0.05, 0) is 36.2 Å². The monoisotopic (exact) mass is 393 g/mol. The zero-order valence-corrected chi connectivity index (χ0v) is 17.1. The number of hydrogen-bond acceptors (Lipinski definition) is 5. The maximum absolute atomic E-state index is 12.4. The van der Waals surface area contributed by atoms with Crippen LogP contribution in [0.25, 0.3) is 11.0 Å². The van der Waals surface area contributed by atoms with E-state index in [4.69, 9.17) is 4.99 Å². The molecular formula is C21H23N5OS. The van der Waals surface area contributed by atoms with Crippen molar-refractivity contribution in [3.63, 3.8) is 0 Å². The molecule has 0 N–H and O–H groups in total. The second kappa shape index (κ2) is 6.51. The van der Waals surface area contributed by atoms with Crippen molar-refractivity contribution in [3.8, 4) is 0 Å². The molecule has 0 saturated carbocycles. The van der Waals surface area contributed by atoms with Gasteiger partial charge in [-0.15, -0.1) is 0 Å². The normalized spacial score (nSPS) is 24.0. The molecule has 0 spiro atoms. The number of imidazole rings is 1. The first-order valence-electron chi connectivity index (χ1n) is 9.65. The van der Waals surface area contributed by atoms with Gasteiger partial charge in [-0.25, -0.2) is 4.79 Å². The van der Waals surface area contributed by atoms with Crippen LogP contribution in [0.3, 0.4) is 0 Å². The minimum absolute atomic E-state index is 0.0000465. The molecular weight excluding hydrogens is 370 g/mol. The summed E-state index contributed by atoms with van der Waals surface area (Å²) in [5.41, 5.74) is 4.08. The highest BCUT2D eigenvalue weighted by Gasteiger charge is 2.45. The van der Waals surface area contributed by atoms with Crippen molar-refractivity contribution >= 4 is 28.0 Å². The van der Waals surface area contributed by atoms with E-state index in [9.17, 15) is 4.79 Å². The molecule has 3 aromatic rings. The third-order valence-electron chi connectivity index (χ3n) is 5.97. The number of aromatic nitrogens is 3. The van der Waals surface area contributed by atoms with Crippen molar-refractivity contribution in [3.05, 3.63) is 64.3 Å². The summed E-state index contributed by atoms with van der Waals surface area (Å²) in [4.78, 5) is 24.5. The van der Waals surface area contributed by atoms with Gasteiger partial charge in [0.05, 0.1) is 22.8 Å². The van der Waals surface area contributed by atoms with Gasteiger partial charge in [0.1, 0.15) is 6.04 Å². The van der Waals surface area contributed by atoms with Gasteiger partial charge >= 0.3 is 5.69 Å². The highest BCUT2D eigenvalue weighted by Crippen LogP contribution is 2.48. The highest BCUT2D eigenvalue weighted by molar-refractivity contribution is 8.14. The van der Waals surface area contributed by atoms with Crippen molar-refractivity contribution in [2.24, 2.45) is 19.1 Å². The molecule has 0 unspecified atom stereocenters. The van der Waals surface area contributed by atoms with Crippen LogP contribution in [-0.4, -0.2) is 36.0 Å². The van der Waals surface area contributed by atoms with Gasteiger partial charge in [0.15, 0.2) is 5.17 Å². The number of fused-ring (bicyclic) bond motifs is 2. The van der Waals surface area contributed by atoms with E-state index in [-0.39, 0.29) is 17.8 Å². The van der Waals surface area contributed by atoms with Crippen molar-refractivity contribution in [2.45, 2.75) is 31.5 Å². The van der Waals surface area contributed by atoms with Crippen LogP contribution in [-0.2, 0) is 14.1 Å². The van der Waals surface area contributed by atoms with Gasteiger partial charge in [-0.3, -0.25) is 19.1 Å². The summed E-state index contributed by atoms with van der Waals surface area (Å²) in [6.07, 6.45) is 2.92. The first kappa shape index (κ1) is 17.6. The highest BCUT2D eigenvalue weighted by atomic mass is 32.2. The third kappa shape index (κ3) is 2.45. The maximum Gasteiger partial charge on any atom is 0.328 e. The lowest BCUT2D eigenvalue weighted by molar-refractivity contribution is 0.255. The molecule has 0 radical (unpaired) electrons. The fraction of sp³-hybridized carbons (Fsp3) is 0.381. The summed E-state index contributed by atoms with van der Waals surface area (Å²) in [6, 6.07) is 12.9. The molecule has 144 valence electrons. The number of rotatable bonds is 3. The summed E-state index contributed by atoms with van der Waals surface area (Å²) in [7, 11) is 3.66. The molecule has 6 nitrogen and oxygen atoms in total. The lowest BCUT2D eigenvalue weighted by atomic mass is 9.95. The largest absolute Gasteiger partial charge is 0.338 e. The Labute approximate surface area is 167 Å². The molecule has 0 bridgehead atoms. The number of aryl methyl sites for hydroxylation is 2. The lowest BCUT2D eigenvalue weighted by Gasteiger charge is -2.32. The van der Waals surface area contributed by atoms with E-state index in [1.54, 1.807) is 9.13 Å². The molecule has 0 amide bonds. The summed E-state index contributed by atoms with van der Waals surface area (Å²) in [6.45, 7) is 2.24. The SMILES string of the molecule is CC[C@@H]1CSC2=N[C@@H](c3ccccn3)[C@@H](c3ccc4c(c3)n(C)c(=O)n4C)N21. The van der Waals surface area contributed by atoms with Gasteiger partial charge < -0.3 is 4.90 Å². The van der Waals surface area contributed by atoms with Crippen molar-refractivity contribution in [2.75, 3.05) is 5.75 Å². The van der Waals surface area contributed by atoms with Crippen LogP contribution in [0, 0.1) is 0 Å². The van der Waals surface area contributed by atoms with E-state index < -0.39 is 0 Å². The molecule has 28 heavy (non-hydrogen) atoms. The number of amidine groups is 1. The van der Waals surface area contributed by atoms with Gasteiger partial charge in [0, 0.05) is 32.1 Å². The third-order valence-corrected chi connectivity index (χ3v) is 7.09. The molecule has 4 heterocycles. The standard InChI is InChI=1S/C21H23N5OS/c1-4-14-12-28-20-23-18(15-7-5-6-10-22-15)19(26(14)20)13-8-9-16-17(11-13)25(3)21(27)24(16)2/h5-11,14,18-19H,4,12H2,1-3H3/t14-,18+,19-/m1/s1. The Morgan fingerprint density at radius 2 is 1.96 bits per heavy atom. The van der Waals surface area contributed by atoms with Crippen LogP contribution < -0.4 is 5.69 Å².